The highest BCUT2D eigenvalue weighted by Crippen LogP contribution is 2.31. The zero-order valence-corrected chi connectivity index (χ0v) is 14.0. The minimum atomic E-state index is -0.692. The second-order valence-corrected chi connectivity index (χ2v) is 6.14. The van der Waals surface area contributed by atoms with E-state index >= 15 is 0 Å². The Morgan fingerprint density at radius 1 is 1.21 bits per heavy atom. The minimum absolute atomic E-state index is 0.0523. The number of fused-ring (bicyclic) bond motifs is 1. The van der Waals surface area contributed by atoms with Crippen LogP contribution in [0.25, 0.3) is 0 Å². The van der Waals surface area contributed by atoms with Gasteiger partial charge in [-0.3, -0.25) is 14.2 Å². The number of nitrogens with zero attached hydrogens (tertiary/aromatic N) is 2. The molecule has 1 aliphatic rings. The van der Waals surface area contributed by atoms with Crippen LogP contribution in [0.5, 0.6) is 5.75 Å². The number of aromatic nitrogens is 2. The van der Waals surface area contributed by atoms with E-state index in [9.17, 15) is 14.4 Å². The van der Waals surface area contributed by atoms with Crippen LogP contribution in [0.1, 0.15) is 16.7 Å². The number of anilines is 1. The van der Waals surface area contributed by atoms with Gasteiger partial charge in [0.05, 0.1) is 0 Å². The van der Waals surface area contributed by atoms with Gasteiger partial charge in [0.2, 0.25) is 0 Å². The van der Waals surface area contributed by atoms with Gasteiger partial charge in [-0.15, -0.1) is 0 Å². The van der Waals surface area contributed by atoms with Crippen LogP contribution in [0.15, 0.2) is 27.9 Å². The lowest BCUT2D eigenvalue weighted by molar-refractivity contribution is -0.122. The van der Waals surface area contributed by atoms with Crippen molar-refractivity contribution in [1.82, 2.24) is 9.13 Å². The van der Waals surface area contributed by atoms with Gasteiger partial charge in [0.25, 0.3) is 11.5 Å². The number of carbonyl (C=O) groups excluding carboxylic acids is 1. The van der Waals surface area contributed by atoms with E-state index in [1.54, 1.807) is 0 Å². The summed E-state index contributed by atoms with van der Waals surface area (Å²) in [7, 11) is 2.89. The van der Waals surface area contributed by atoms with Gasteiger partial charge in [-0.25, -0.2) is 4.79 Å². The fourth-order valence-corrected chi connectivity index (χ4v) is 2.77. The Bertz CT molecular complexity index is 925. The molecule has 1 amide bonds. The second kappa shape index (κ2) is 5.67. The Hall–Kier alpha value is -2.83. The minimum Gasteiger partial charge on any atom is -0.480 e. The molecule has 1 aromatic carbocycles. The van der Waals surface area contributed by atoms with Gasteiger partial charge in [-0.1, -0.05) is 6.07 Å². The maximum atomic E-state index is 12.4. The molecule has 0 aliphatic carbocycles. The number of carbonyl (C=O) groups is 1. The number of aryl methyl sites for hydroxylation is 3. The molecular formula is C17H19N3O4. The Morgan fingerprint density at radius 2 is 1.88 bits per heavy atom. The maximum absolute atomic E-state index is 12.4. The third kappa shape index (κ3) is 2.62. The van der Waals surface area contributed by atoms with Crippen molar-refractivity contribution < 1.29 is 9.53 Å². The van der Waals surface area contributed by atoms with Gasteiger partial charge >= 0.3 is 5.69 Å². The molecule has 0 spiro atoms. The summed E-state index contributed by atoms with van der Waals surface area (Å²) in [5.74, 6) is 0.295. The van der Waals surface area contributed by atoms with Gasteiger partial charge in [0.1, 0.15) is 11.4 Å². The standard InChI is InChI=1S/C17H19N3O4/c1-9-5-11-7-14(24-13(11)6-10(9)2)15(21)18-12-8-19(3)17(23)20(4)16(12)22/h5-6,8,14H,7H2,1-4H3,(H,18,21)/t14-/m0/s1. The number of hydrogen-bond donors (Lipinski definition) is 1. The van der Waals surface area contributed by atoms with Crippen molar-refractivity contribution in [2.24, 2.45) is 14.1 Å². The molecule has 1 aliphatic heterocycles. The molecule has 7 heteroatoms. The second-order valence-electron chi connectivity index (χ2n) is 6.14. The van der Waals surface area contributed by atoms with Crippen molar-refractivity contribution >= 4 is 11.6 Å². The first-order valence-corrected chi connectivity index (χ1v) is 7.62. The van der Waals surface area contributed by atoms with Crippen LogP contribution in [0.4, 0.5) is 5.69 Å². The quantitative estimate of drug-likeness (QED) is 0.877. The van der Waals surface area contributed by atoms with E-state index < -0.39 is 23.3 Å². The van der Waals surface area contributed by atoms with Gasteiger partial charge < -0.3 is 14.6 Å². The number of nitrogens with one attached hydrogen (secondary N) is 1. The van der Waals surface area contributed by atoms with Crippen LogP contribution in [-0.2, 0) is 25.3 Å². The summed E-state index contributed by atoms with van der Waals surface area (Å²) in [5.41, 5.74) is 2.28. The summed E-state index contributed by atoms with van der Waals surface area (Å²) in [6, 6.07) is 3.94. The normalized spacial score (nSPS) is 15.8. The third-order valence-electron chi connectivity index (χ3n) is 4.35. The predicted octanol–water partition coefficient (Wildman–Crippen LogP) is 0.643. The number of hydrogen-bond acceptors (Lipinski definition) is 4. The van der Waals surface area contributed by atoms with E-state index in [1.807, 2.05) is 26.0 Å². The van der Waals surface area contributed by atoms with Crippen molar-refractivity contribution in [3.05, 3.63) is 55.9 Å². The molecule has 0 fully saturated rings. The smallest absolute Gasteiger partial charge is 0.330 e. The highest BCUT2D eigenvalue weighted by molar-refractivity contribution is 5.94. The molecule has 1 atom stereocenters. The monoisotopic (exact) mass is 329 g/mol. The van der Waals surface area contributed by atoms with E-state index in [-0.39, 0.29) is 5.69 Å². The summed E-state index contributed by atoms with van der Waals surface area (Å²) < 4.78 is 7.91. The molecule has 7 nitrogen and oxygen atoms in total. The number of rotatable bonds is 2. The van der Waals surface area contributed by atoms with Crippen LogP contribution >= 0.6 is 0 Å². The molecule has 0 bridgehead atoms. The van der Waals surface area contributed by atoms with Crippen molar-refractivity contribution in [3.8, 4) is 5.75 Å². The van der Waals surface area contributed by atoms with Crippen molar-refractivity contribution in [2.75, 3.05) is 5.32 Å². The Balaban J connectivity index is 1.83. The highest BCUT2D eigenvalue weighted by Gasteiger charge is 2.30. The molecule has 0 unspecified atom stereocenters. The lowest BCUT2D eigenvalue weighted by atomic mass is 10.0. The molecule has 126 valence electrons. The summed E-state index contributed by atoms with van der Waals surface area (Å²) in [4.78, 5) is 36.2. The van der Waals surface area contributed by atoms with Crippen molar-refractivity contribution in [1.29, 1.82) is 0 Å². The van der Waals surface area contributed by atoms with Crippen molar-refractivity contribution in [2.45, 2.75) is 26.4 Å². The van der Waals surface area contributed by atoms with E-state index in [0.29, 0.717) is 12.2 Å². The lowest BCUT2D eigenvalue weighted by Gasteiger charge is -2.12. The van der Waals surface area contributed by atoms with Gasteiger partial charge in [-0.05, 0) is 36.6 Å². The summed E-state index contributed by atoms with van der Waals surface area (Å²) in [6.07, 6.45) is 1.08. The first-order chi connectivity index (χ1) is 11.3. The van der Waals surface area contributed by atoms with Crippen LogP contribution in [0, 0.1) is 13.8 Å². The maximum Gasteiger partial charge on any atom is 0.330 e. The zero-order chi connectivity index (χ0) is 17.6. The van der Waals surface area contributed by atoms with Crippen LogP contribution in [-0.4, -0.2) is 21.1 Å². The zero-order valence-electron chi connectivity index (χ0n) is 14.0. The molecule has 0 saturated heterocycles. The predicted molar refractivity (Wildman–Crippen MR) is 89.6 cm³/mol. The molecular weight excluding hydrogens is 310 g/mol. The Labute approximate surface area is 138 Å². The molecule has 24 heavy (non-hydrogen) atoms. The SMILES string of the molecule is Cc1cc2c(cc1C)O[C@H](C(=O)Nc1cn(C)c(=O)n(C)c1=O)C2. The molecule has 1 aromatic heterocycles. The number of benzene rings is 1. The average Bonchev–Trinajstić information content (AvgIpc) is 2.93. The largest absolute Gasteiger partial charge is 0.480 e. The molecule has 1 N–H and O–H groups in total. The third-order valence-corrected chi connectivity index (χ3v) is 4.35. The van der Waals surface area contributed by atoms with Gasteiger partial charge in [0.15, 0.2) is 6.10 Å². The highest BCUT2D eigenvalue weighted by atomic mass is 16.5. The van der Waals surface area contributed by atoms with Gasteiger partial charge in [-0.2, -0.15) is 0 Å². The molecule has 0 saturated carbocycles. The van der Waals surface area contributed by atoms with E-state index in [4.69, 9.17) is 4.74 Å². The van der Waals surface area contributed by atoms with Crippen molar-refractivity contribution in [3.63, 3.8) is 0 Å². The number of amides is 1. The summed E-state index contributed by atoms with van der Waals surface area (Å²) >= 11 is 0. The summed E-state index contributed by atoms with van der Waals surface area (Å²) in [6.45, 7) is 4.00. The molecule has 3 rings (SSSR count). The summed E-state index contributed by atoms with van der Waals surface area (Å²) in [5, 5.41) is 2.57. The van der Waals surface area contributed by atoms with E-state index in [0.717, 1.165) is 21.3 Å². The molecule has 0 radical (unpaired) electrons. The molecule has 2 aromatic rings. The van der Waals surface area contributed by atoms with Crippen LogP contribution in [0.2, 0.25) is 0 Å². The van der Waals surface area contributed by atoms with Crippen LogP contribution in [0.3, 0.4) is 0 Å². The first-order valence-electron chi connectivity index (χ1n) is 7.62. The van der Waals surface area contributed by atoms with Crippen LogP contribution < -0.4 is 21.3 Å². The number of ether oxygens (including phenoxy) is 1. The fourth-order valence-electron chi connectivity index (χ4n) is 2.77. The van der Waals surface area contributed by atoms with E-state index in [2.05, 4.69) is 5.32 Å². The van der Waals surface area contributed by atoms with Gasteiger partial charge in [0, 0.05) is 26.7 Å². The Morgan fingerprint density at radius 3 is 2.58 bits per heavy atom. The first kappa shape index (κ1) is 16.0. The lowest BCUT2D eigenvalue weighted by Crippen LogP contribution is -2.40. The molecule has 2 heterocycles. The average molecular weight is 329 g/mol. The topological polar surface area (TPSA) is 82.3 Å². The fraction of sp³-hybridized carbons (Fsp3) is 0.353. The Kier molecular flexibility index (Phi) is 3.79. The van der Waals surface area contributed by atoms with E-state index in [1.165, 1.54) is 24.9 Å².